The van der Waals surface area contributed by atoms with Crippen LogP contribution in [0.4, 0.5) is 5.82 Å². The number of nitrogens with one attached hydrogen (secondary N) is 1. The summed E-state index contributed by atoms with van der Waals surface area (Å²) < 4.78 is 1.88. The number of hydrogen-bond acceptors (Lipinski definition) is 4. The van der Waals surface area contributed by atoms with Crippen LogP contribution in [0.25, 0.3) is 5.52 Å². The molecule has 0 amide bonds. The van der Waals surface area contributed by atoms with Crippen molar-refractivity contribution < 1.29 is 0 Å². The maximum absolute atomic E-state index is 6.04. The zero-order chi connectivity index (χ0) is 14.0. The van der Waals surface area contributed by atoms with Crippen LogP contribution in [0.3, 0.4) is 0 Å². The van der Waals surface area contributed by atoms with Crippen LogP contribution in [-0.2, 0) is 0 Å². The molecule has 20 heavy (non-hydrogen) atoms. The van der Waals surface area contributed by atoms with Crippen molar-refractivity contribution in [2.45, 2.75) is 39.0 Å². The second kappa shape index (κ2) is 5.40. The molecular formula is C15H23N5. The second-order valence-corrected chi connectivity index (χ2v) is 6.01. The minimum atomic E-state index is 0.238. The molecule has 3 rings (SSSR count). The Morgan fingerprint density at radius 3 is 2.90 bits per heavy atom. The smallest absolute Gasteiger partial charge is 0.152 e. The first-order chi connectivity index (χ1) is 9.72. The summed E-state index contributed by atoms with van der Waals surface area (Å²) >= 11 is 0. The highest BCUT2D eigenvalue weighted by molar-refractivity contribution is 5.67. The topological polar surface area (TPSA) is 68.2 Å². The van der Waals surface area contributed by atoms with E-state index in [1.165, 1.54) is 32.1 Å². The first-order valence-electron chi connectivity index (χ1n) is 7.47. The van der Waals surface area contributed by atoms with E-state index in [2.05, 4.69) is 21.5 Å². The van der Waals surface area contributed by atoms with Crippen molar-refractivity contribution in [3.8, 4) is 0 Å². The Hall–Kier alpha value is -1.62. The van der Waals surface area contributed by atoms with Gasteiger partial charge in [0.25, 0.3) is 0 Å². The van der Waals surface area contributed by atoms with E-state index in [9.17, 15) is 0 Å². The standard InChI is InChI=1S/C15H23N5/c1-12-9-13-14(17-7-8-20(13)19-12)18-11-15(10-16)5-3-2-4-6-15/h7-9H,2-6,10-11,16H2,1H3,(H,17,18). The van der Waals surface area contributed by atoms with Gasteiger partial charge in [-0.3, -0.25) is 0 Å². The zero-order valence-electron chi connectivity index (χ0n) is 12.1. The van der Waals surface area contributed by atoms with Gasteiger partial charge in [-0.2, -0.15) is 5.10 Å². The Morgan fingerprint density at radius 1 is 1.35 bits per heavy atom. The number of nitrogens with two attached hydrogens (primary N) is 1. The van der Waals surface area contributed by atoms with Gasteiger partial charge in [0, 0.05) is 18.9 Å². The van der Waals surface area contributed by atoms with Gasteiger partial charge in [0.05, 0.1) is 5.69 Å². The molecule has 2 aromatic heterocycles. The normalized spacial score (nSPS) is 18.3. The number of nitrogens with zero attached hydrogens (tertiary/aromatic N) is 3. The summed E-state index contributed by atoms with van der Waals surface area (Å²) in [5.74, 6) is 0.909. The highest BCUT2D eigenvalue weighted by atomic mass is 15.2. The van der Waals surface area contributed by atoms with Crippen molar-refractivity contribution in [3.63, 3.8) is 0 Å². The molecule has 0 unspecified atom stereocenters. The first kappa shape index (κ1) is 13.4. The molecule has 1 aliphatic carbocycles. The summed E-state index contributed by atoms with van der Waals surface area (Å²) in [6, 6.07) is 2.06. The molecule has 1 aliphatic rings. The lowest BCUT2D eigenvalue weighted by Gasteiger charge is -2.36. The van der Waals surface area contributed by atoms with Gasteiger partial charge < -0.3 is 11.1 Å². The number of aryl methyl sites for hydroxylation is 1. The molecule has 2 aromatic rings. The Labute approximate surface area is 119 Å². The first-order valence-corrected chi connectivity index (χ1v) is 7.47. The third kappa shape index (κ3) is 2.50. The summed E-state index contributed by atoms with van der Waals surface area (Å²) in [6.07, 6.45) is 10.0. The predicted octanol–water partition coefficient (Wildman–Crippen LogP) is 2.36. The SMILES string of the molecule is Cc1cc2c(NCC3(CN)CCCCC3)nccn2n1. The maximum atomic E-state index is 6.04. The molecule has 1 fully saturated rings. The molecule has 2 heterocycles. The second-order valence-electron chi connectivity index (χ2n) is 6.01. The van der Waals surface area contributed by atoms with E-state index in [-0.39, 0.29) is 5.41 Å². The van der Waals surface area contributed by atoms with Crippen LogP contribution in [0.5, 0.6) is 0 Å². The lowest BCUT2D eigenvalue weighted by Crippen LogP contribution is -2.39. The average Bonchev–Trinajstić information content (AvgIpc) is 2.87. The van der Waals surface area contributed by atoms with E-state index in [0.717, 1.165) is 30.1 Å². The van der Waals surface area contributed by atoms with Gasteiger partial charge in [-0.05, 0) is 37.8 Å². The monoisotopic (exact) mass is 273 g/mol. The van der Waals surface area contributed by atoms with E-state index in [0.29, 0.717) is 0 Å². The van der Waals surface area contributed by atoms with Gasteiger partial charge in [0.15, 0.2) is 5.82 Å². The molecule has 1 saturated carbocycles. The van der Waals surface area contributed by atoms with E-state index in [1.54, 1.807) is 6.20 Å². The van der Waals surface area contributed by atoms with Gasteiger partial charge >= 0.3 is 0 Å². The number of anilines is 1. The Balaban J connectivity index is 1.79. The number of rotatable bonds is 4. The minimum absolute atomic E-state index is 0.238. The van der Waals surface area contributed by atoms with Crippen LogP contribution in [0.1, 0.15) is 37.8 Å². The lowest BCUT2D eigenvalue weighted by atomic mass is 9.74. The van der Waals surface area contributed by atoms with Gasteiger partial charge in [0.2, 0.25) is 0 Å². The van der Waals surface area contributed by atoms with Crippen LogP contribution in [0.15, 0.2) is 18.5 Å². The van der Waals surface area contributed by atoms with Crippen molar-refractivity contribution in [2.24, 2.45) is 11.1 Å². The molecule has 0 atom stereocenters. The molecular weight excluding hydrogens is 250 g/mol. The number of aromatic nitrogens is 3. The Bertz CT molecular complexity index is 583. The highest BCUT2D eigenvalue weighted by Crippen LogP contribution is 2.35. The van der Waals surface area contributed by atoms with Crippen molar-refractivity contribution in [2.75, 3.05) is 18.4 Å². The number of hydrogen-bond donors (Lipinski definition) is 2. The van der Waals surface area contributed by atoms with Crippen LogP contribution in [0.2, 0.25) is 0 Å². The summed E-state index contributed by atoms with van der Waals surface area (Å²) in [6.45, 7) is 3.65. The van der Waals surface area contributed by atoms with E-state index in [4.69, 9.17) is 5.73 Å². The third-order valence-corrected chi connectivity index (χ3v) is 4.49. The molecule has 5 heteroatoms. The third-order valence-electron chi connectivity index (χ3n) is 4.49. The van der Waals surface area contributed by atoms with E-state index < -0.39 is 0 Å². The van der Waals surface area contributed by atoms with Gasteiger partial charge in [0.1, 0.15) is 5.52 Å². The fraction of sp³-hybridized carbons (Fsp3) is 0.600. The van der Waals surface area contributed by atoms with Crippen LogP contribution in [0, 0.1) is 12.3 Å². The van der Waals surface area contributed by atoms with Crippen LogP contribution in [-0.4, -0.2) is 27.7 Å². The average molecular weight is 273 g/mol. The van der Waals surface area contributed by atoms with E-state index >= 15 is 0 Å². The highest BCUT2D eigenvalue weighted by Gasteiger charge is 2.30. The fourth-order valence-electron chi connectivity index (χ4n) is 3.21. The largest absolute Gasteiger partial charge is 0.368 e. The molecule has 0 saturated heterocycles. The summed E-state index contributed by atoms with van der Waals surface area (Å²) in [5, 5.41) is 7.93. The molecule has 0 aromatic carbocycles. The fourth-order valence-corrected chi connectivity index (χ4v) is 3.21. The molecule has 0 radical (unpaired) electrons. The van der Waals surface area contributed by atoms with Gasteiger partial charge in [-0.25, -0.2) is 9.50 Å². The summed E-state index contributed by atoms with van der Waals surface area (Å²) in [5.41, 5.74) is 8.32. The van der Waals surface area contributed by atoms with Crippen molar-refractivity contribution >= 4 is 11.3 Å². The quantitative estimate of drug-likeness (QED) is 0.897. The lowest BCUT2D eigenvalue weighted by molar-refractivity contribution is 0.215. The molecule has 3 N–H and O–H groups in total. The van der Waals surface area contributed by atoms with Gasteiger partial charge in [-0.15, -0.1) is 0 Å². The van der Waals surface area contributed by atoms with Crippen molar-refractivity contribution in [1.29, 1.82) is 0 Å². The molecule has 0 aliphatic heterocycles. The summed E-state index contributed by atoms with van der Waals surface area (Å²) in [7, 11) is 0. The molecule has 0 bridgehead atoms. The van der Waals surface area contributed by atoms with Crippen LogP contribution < -0.4 is 11.1 Å². The van der Waals surface area contributed by atoms with Crippen molar-refractivity contribution in [1.82, 2.24) is 14.6 Å². The Kier molecular flexibility index (Phi) is 3.61. The molecule has 0 spiro atoms. The van der Waals surface area contributed by atoms with E-state index in [1.807, 2.05) is 17.6 Å². The minimum Gasteiger partial charge on any atom is -0.368 e. The van der Waals surface area contributed by atoms with Gasteiger partial charge in [-0.1, -0.05) is 19.3 Å². The van der Waals surface area contributed by atoms with Crippen molar-refractivity contribution in [3.05, 3.63) is 24.2 Å². The maximum Gasteiger partial charge on any atom is 0.152 e. The zero-order valence-corrected chi connectivity index (χ0v) is 12.1. The molecule has 108 valence electrons. The molecule has 5 nitrogen and oxygen atoms in total. The Morgan fingerprint density at radius 2 is 2.15 bits per heavy atom. The van der Waals surface area contributed by atoms with Crippen LogP contribution >= 0.6 is 0 Å². The summed E-state index contributed by atoms with van der Waals surface area (Å²) in [4.78, 5) is 4.46. The predicted molar refractivity (Wildman–Crippen MR) is 80.8 cm³/mol. The number of fused-ring (bicyclic) bond motifs is 1.